The third-order valence-corrected chi connectivity index (χ3v) is 3.49. The van der Waals surface area contributed by atoms with Gasteiger partial charge in [-0.3, -0.25) is 10.1 Å². The summed E-state index contributed by atoms with van der Waals surface area (Å²) >= 11 is 1.55. The van der Waals surface area contributed by atoms with Gasteiger partial charge in [0.15, 0.2) is 0 Å². The van der Waals surface area contributed by atoms with Crippen molar-refractivity contribution in [3.63, 3.8) is 0 Å². The topological polar surface area (TPSA) is 72.6 Å². The molecular formula is C14H13NO4S. The standard InChI is InChI=1S/C14H13NO4S/c1-20-14-5-3-2-4-13(14)19-11-6-7-12(15(17)18)10(8-11)9-16/h2-8,16H,9H2,1H3. The van der Waals surface area contributed by atoms with Gasteiger partial charge in [-0.25, -0.2) is 0 Å². The average molecular weight is 291 g/mol. The van der Waals surface area contributed by atoms with E-state index in [4.69, 9.17) is 4.74 Å². The number of aliphatic hydroxyl groups excluding tert-OH is 1. The molecule has 6 heteroatoms. The highest BCUT2D eigenvalue weighted by molar-refractivity contribution is 7.98. The van der Waals surface area contributed by atoms with Gasteiger partial charge in [-0.1, -0.05) is 12.1 Å². The van der Waals surface area contributed by atoms with Gasteiger partial charge >= 0.3 is 0 Å². The maximum atomic E-state index is 10.8. The lowest BCUT2D eigenvalue weighted by Crippen LogP contribution is -1.96. The van der Waals surface area contributed by atoms with E-state index >= 15 is 0 Å². The third kappa shape index (κ3) is 3.09. The second-order valence-corrected chi connectivity index (χ2v) is 4.81. The first-order valence-electron chi connectivity index (χ1n) is 5.84. The zero-order valence-corrected chi connectivity index (χ0v) is 11.6. The quantitative estimate of drug-likeness (QED) is 0.517. The number of thioether (sulfide) groups is 1. The van der Waals surface area contributed by atoms with Crippen molar-refractivity contribution in [2.24, 2.45) is 0 Å². The van der Waals surface area contributed by atoms with E-state index in [0.717, 1.165) is 4.90 Å². The SMILES string of the molecule is CSc1ccccc1Oc1ccc([N+](=O)[O-])c(CO)c1. The second-order valence-electron chi connectivity index (χ2n) is 3.96. The Labute approximate surface area is 120 Å². The molecular weight excluding hydrogens is 278 g/mol. The normalized spacial score (nSPS) is 10.3. The van der Waals surface area contributed by atoms with Gasteiger partial charge in [0.05, 0.1) is 17.1 Å². The van der Waals surface area contributed by atoms with Crippen LogP contribution in [-0.4, -0.2) is 16.3 Å². The van der Waals surface area contributed by atoms with Gasteiger partial charge in [0, 0.05) is 11.0 Å². The first-order chi connectivity index (χ1) is 9.65. The molecule has 0 unspecified atom stereocenters. The highest BCUT2D eigenvalue weighted by atomic mass is 32.2. The van der Waals surface area contributed by atoms with Crippen molar-refractivity contribution in [2.45, 2.75) is 11.5 Å². The number of nitrogens with zero attached hydrogens (tertiary/aromatic N) is 1. The first kappa shape index (κ1) is 14.4. The molecule has 0 bridgehead atoms. The number of hydrogen-bond acceptors (Lipinski definition) is 5. The Balaban J connectivity index is 2.32. The van der Waals surface area contributed by atoms with Crippen molar-refractivity contribution in [2.75, 3.05) is 6.26 Å². The summed E-state index contributed by atoms with van der Waals surface area (Å²) in [5, 5.41) is 20.0. The summed E-state index contributed by atoms with van der Waals surface area (Å²) in [6.45, 7) is -0.405. The van der Waals surface area contributed by atoms with Crippen molar-refractivity contribution in [3.8, 4) is 11.5 Å². The van der Waals surface area contributed by atoms with Crippen LogP contribution in [-0.2, 0) is 6.61 Å². The molecule has 2 rings (SSSR count). The Kier molecular flexibility index (Phi) is 4.60. The molecule has 1 N–H and O–H groups in total. The molecule has 0 radical (unpaired) electrons. The highest BCUT2D eigenvalue weighted by Gasteiger charge is 2.14. The molecule has 0 spiro atoms. The maximum Gasteiger partial charge on any atom is 0.275 e. The van der Waals surface area contributed by atoms with Crippen LogP contribution in [0, 0.1) is 10.1 Å². The minimum absolute atomic E-state index is 0.113. The number of aliphatic hydroxyl groups is 1. The number of nitro groups is 1. The molecule has 0 aliphatic rings. The second kappa shape index (κ2) is 6.40. The zero-order chi connectivity index (χ0) is 14.5. The van der Waals surface area contributed by atoms with E-state index < -0.39 is 11.5 Å². The molecule has 0 aliphatic carbocycles. The lowest BCUT2D eigenvalue weighted by atomic mass is 10.2. The van der Waals surface area contributed by atoms with E-state index in [-0.39, 0.29) is 11.3 Å². The molecule has 2 aromatic rings. The molecule has 20 heavy (non-hydrogen) atoms. The Morgan fingerprint density at radius 3 is 2.70 bits per heavy atom. The van der Waals surface area contributed by atoms with Crippen molar-refractivity contribution in [3.05, 3.63) is 58.1 Å². The fourth-order valence-corrected chi connectivity index (χ4v) is 2.29. The summed E-state index contributed by atoms with van der Waals surface area (Å²) in [5.74, 6) is 1.14. The zero-order valence-electron chi connectivity index (χ0n) is 10.8. The molecule has 104 valence electrons. The molecule has 0 amide bonds. The van der Waals surface area contributed by atoms with E-state index in [0.29, 0.717) is 11.5 Å². The summed E-state index contributed by atoms with van der Waals surface area (Å²) in [7, 11) is 0. The van der Waals surface area contributed by atoms with Crippen LogP contribution in [0.25, 0.3) is 0 Å². The maximum absolute atomic E-state index is 10.8. The minimum Gasteiger partial charge on any atom is -0.456 e. The largest absolute Gasteiger partial charge is 0.456 e. The molecule has 0 aliphatic heterocycles. The van der Waals surface area contributed by atoms with Crippen LogP contribution in [0.5, 0.6) is 11.5 Å². The van der Waals surface area contributed by atoms with E-state index in [1.165, 1.54) is 18.2 Å². The summed E-state index contributed by atoms with van der Waals surface area (Å²) in [6, 6.07) is 11.9. The van der Waals surface area contributed by atoms with Crippen molar-refractivity contribution < 1.29 is 14.8 Å². The van der Waals surface area contributed by atoms with Crippen LogP contribution in [0.4, 0.5) is 5.69 Å². The Morgan fingerprint density at radius 1 is 1.30 bits per heavy atom. The molecule has 5 nitrogen and oxygen atoms in total. The molecule has 0 saturated heterocycles. The van der Waals surface area contributed by atoms with E-state index in [1.807, 2.05) is 30.5 Å². The first-order valence-corrected chi connectivity index (χ1v) is 7.07. The Morgan fingerprint density at radius 2 is 2.05 bits per heavy atom. The number of rotatable bonds is 5. The van der Waals surface area contributed by atoms with Gasteiger partial charge in [0.1, 0.15) is 11.5 Å². The summed E-state index contributed by atoms with van der Waals surface area (Å²) in [5.41, 5.74) is 0.118. The van der Waals surface area contributed by atoms with Gasteiger partial charge in [0.25, 0.3) is 5.69 Å². The predicted molar refractivity (Wildman–Crippen MR) is 77.3 cm³/mol. The van der Waals surface area contributed by atoms with Gasteiger partial charge in [-0.2, -0.15) is 0 Å². The van der Waals surface area contributed by atoms with Crippen LogP contribution < -0.4 is 4.74 Å². The lowest BCUT2D eigenvalue weighted by molar-refractivity contribution is -0.385. The number of para-hydroxylation sites is 1. The van der Waals surface area contributed by atoms with Gasteiger partial charge in [0.2, 0.25) is 0 Å². The number of benzene rings is 2. The highest BCUT2D eigenvalue weighted by Crippen LogP contribution is 2.33. The van der Waals surface area contributed by atoms with Gasteiger partial charge in [-0.05, 0) is 30.5 Å². The van der Waals surface area contributed by atoms with E-state index in [2.05, 4.69) is 0 Å². The fraction of sp³-hybridized carbons (Fsp3) is 0.143. The van der Waals surface area contributed by atoms with Crippen molar-refractivity contribution in [1.29, 1.82) is 0 Å². The summed E-state index contributed by atoms with van der Waals surface area (Å²) < 4.78 is 5.72. The number of hydrogen-bond donors (Lipinski definition) is 1. The number of ether oxygens (including phenoxy) is 1. The smallest absolute Gasteiger partial charge is 0.275 e. The summed E-state index contributed by atoms with van der Waals surface area (Å²) in [6.07, 6.45) is 1.94. The lowest BCUT2D eigenvalue weighted by Gasteiger charge is -2.10. The monoisotopic (exact) mass is 291 g/mol. The predicted octanol–water partition coefficient (Wildman–Crippen LogP) is 3.60. The van der Waals surface area contributed by atoms with Crippen LogP contribution in [0.15, 0.2) is 47.4 Å². The van der Waals surface area contributed by atoms with Crippen LogP contribution >= 0.6 is 11.8 Å². The van der Waals surface area contributed by atoms with E-state index in [9.17, 15) is 15.2 Å². The Bertz CT molecular complexity index is 630. The van der Waals surface area contributed by atoms with Crippen LogP contribution in [0.2, 0.25) is 0 Å². The van der Waals surface area contributed by atoms with Crippen molar-refractivity contribution >= 4 is 17.4 Å². The van der Waals surface area contributed by atoms with Crippen LogP contribution in [0.3, 0.4) is 0 Å². The molecule has 0 heterocycles. The summed E-state index contributed by atoms with van der Waals surface area (Å²) in [4.78, 5) is 11.2. The molecule has 2 aromatic carbocycles. The fourth-order valence-electron chi connectivity index (χ4n) is 1.76. The Hall–Kier alpha value is -2.05. The van der Waals surface area contributed by atoms with Crippen molar-refractivity contribution in [1.82, 2.24) is 0 Å². The molecule has 0 atom stereocenters. The average Bonchev–Trinajstić information content (AvgIpc) is 2.47. The third-order valence-electron chi connectivity index (χ3n) is 2.71. The van der Waals surface area contributed by atoms with Gasteiger partial charge < -0.3 is 9.84 Å². The molecule has 0 fully saturated rings. The van der Waals surface area contributed by atoms with Gasteiger partial charge in [-0.15, -0.1) is 11.8 Å². The van der Waals surface area contributed by atoms with Crippen LogP contribution in [0.1, 0.15) is 5.56 Å². The van der Waals surface area contributed by atoms with E-state index in [1.54, 1.807) is 11.8 Å². The minimum atomic E-state index is -0.523. The molecule has 0 saturated carbocycles. The molecule has 0 aromatic heterocycles. The number of nitro benzene ring substituents is 1.